The number of anilines is 1. The number of hydrogen-bond acceptors (Lipinski definition) is 3. The maximum Gasteiger partial charge on any atom is 0.216 e. The Morgan fingerprint density at radius 2 is 2.00 bits per heavy atom. The molecular formula is C20H25ClN2O2. The molecule has 2 aromatic carbocycles. The Morgan fingerprint density at radius 3 is 2.68 bits per heavy atom. The fourth-order valence-corrected chi connectivity index (χ4v) is 3.36. The minimum atomic E-state index is 0. The van der Waals surface area contributed by atoms with Crippen LogP contribution in [0.25, 0.3) is 0 Å². The number of methoxy groups -OCH3 is 1. The summed E-state index contributed by atoms with van der Waals surface area (Å²) in [5, 5.41) is 2.92. The number of hydrogen-bond donors (Lipinski definition) is 1. The highest BCUT2D eigenvalue weighted by molar-refractivity contribution is 5.85. The predicted octanol–water partition coefficient (Wildman–Crippen LogP) is 3.75. The summed E-state index contributed by atoms with van der Waals surface area (Å²) in [6.45, 7) is 4.11. The molecule has 1 atom stereocenters. The predicted molar refractivity (Wildman–Crippen MR) is 104 cm³/mol. The Morgan fingerprint density at radius 1 is 1.24 bits per heavy atom. The maximum atomic E-state index is 11.2. The fraction of sp³-hybridized carbons (Fsp3) is 0.350. The molecule has 2 aromatic rings. The Labute approximate surface area is 155 Å². The number of para-hydroxylation sites is 1. The van der Waals surface area contributed by atoms with Crippen LogP contribution in [0.15, 0.2) is 48.5 Å². The van der Waals surface area contributed by atoms with Gasteiger partial charge in [-0.1, -0.05) is 24.3 Å². The van der Waals surface area contributed by atoms with E-state index in [2.05, 4.69) is 46.6 Å². The number of nitrogens with one attached hydrogen (secondary N) is 1. The van der Waals surface area contributed by atoms with Crippen LogP contribution in [0.1, 0.15) is 30.4 Å². The summed E-state index contributed by atoms with van der Waals surface area (Å²) in [7, 11) is 1.70. The minimum absolute atomic E-state index is 0. The lowest BCUT2D eigenvalue weighted by Crippen LogP contribution is -2.35. The van der Waals surface area contributed by atoms with Crippen LogP contribution in [0.4, 0.5) is 5.69 Å². The molecule has 0 aliphatic carbocycles. The van der Waals surface area contributed by atoms with E-state index in [4.69, 9.17) is 4.74 Å². The van der Waals surface area contributed by atoms with Crippen LogP contribution in [0.2, 0.25) is 0 Å². The molecule has 0 saturated heterocycles. The van der Waals surface area contributed by atoms with Crippen LogP contribution < -0.4 is 15.0 Å². The largest absolute Gasteiger partial charge is 0.497 e. The van der Waals surface area contributed by atoms with Gasteiger partial charge in [-0.2, -0.15) is 0 Å². The van der Waals surface area contributed by atoms with E-state index in [1.165, 1.54) is 16.8 Å². The van der Waals surface area contributed by atoms with Crippen molar-refractivity contribution >= 4 is 24.0 Å². The van der Waals surface area contributed by atoms with Crippen LogP contribution in [0.3, 0.4) is 0 Å². The van der Waals surface area contributed by atoms with E-state index in [0.717, 1.165) is 25.3 Å². The molecule has 0 aromatic heterocycles. The van der Waals surface area contributed by atoms with Crippen molar-refractivity contribution < 1.29 is 9.53 Å². The third-order valence-electron chi connectivity index (χ3n) is 4.58. The SMILES string of the molecule is COc1ccc2c(c1)C(CCNC(C)=O)CN(c1ccccc1)C2.Cl. The van der Waals surface area contributed by atoms with E-state index in [9.17, 15) is 4.79 Å². The second-order valence-electron chi connectivity index (χ2n) is 6.25. The Kier molecular flexibility index (Phi) is 6.71. The number of carbonyl (C=O) groups is 1. The van der Waals surface area contributed by atoms with Crippen molar-refractivity contribution in [3.8, 4) is 5.75 Å². The average molecular weight is 361 g/mol. The molecule has 0 spiro atoms. The first-order chi connectivity index (χ1) is 11.7. The van der Waals surface area contributed by atoms with E-state index >= 15 is 0 Å². The zero-order valence-electron chi connectivity index (χ0n) is 14.7. The second-order valence-corrected chi connectivity index (χ2v) is 6.25. The molecule has 1 amide bonds. The van der Waals surface area contributed by atoms with E-state index in [-0.39, 0.29) is 18.3 Å². The highest BCUT2D eigenvalue weighted by Crippen LogP contribution is 2.35. The number of benzene rings is 2. The van der Waals surface area contributed by atoms with Crippen molar-refractivity contribution in [2.75, 3.05) is 25.1 Å². The van der Waals surface area contributed by atoms with Gasteiger partial charge in [0.25, 0.3) is 0 Å². The molecule has 4 nitrogen and oxygen atoms in total. The fourth-order valence-electron chi connectivity index (χ4n) is 3.36. The standard InChI is InChI=1S/C20H24N2O2.ClH/c1-15(23)21-11-10-17-14-22(18-6-4-3-5-7-18)13-16-8-9-19(24-2)12-20(16)17;/h3-9,12,17H,10-11,13-14H2,1-2H3,(H,21,23);1H. The van der Waals surface area contributed by atoms with Gasteiger partial charge in [0, 0.05) is 38.2 Å². The van der Waals surface area contributed by atoms with Crippen molar-refractivity contribution in [1.29, 1.82) is 0 Å². The minimum Gasteiger partial charge on any atom is -0.497 e. The van der Waals surface area contributed by atoms with Crippen LogP contribution >= 0.6 is 12.4 Å². The van der Waals surface area contributed by atoms with Crippen LogP contribution in [-0.4, -0.2) is 26.1 Å². The smallest absolute Gasteiger partial charge is 0.216 e. The van der Waals surface area contributed by atoms with Gasteiger partial charge < -0.3 is 15.0 Å². The van der Waals surface area contributed by atoms with Crippen molar-refractivity contribution in [3.05, 3.63) is 59.7 Å². The van der Waals surface area contributed by atoms with E-state index in [1.807, 2.05) is 12.1 Å². The molecule has 5 heteroatoms. The highest BCUT2D eigenvalue weighted by Gasteiger charge is 2.25. The molecule has 0 bridgehead atoms. The molecule has 1 aliphatic rings. The molecule has 1 heterocycles. The topological polar surface area (TPSA) is 41.6 Å². The van der Waals surface area contributed by atoms with Gasteiger partial charge in [-0.3, -0.25) is 4.79 Å². The lowest BCUT2D eigenvalue weighted by atomic mass is 9.87. The summed E-state index contributed by atoms with van der Waals surface area (Å²) in [5.41, 5.74) is 3.91. The van der Waals surface area contributed by atoms with Crippen molar-refractivity contribution in [1.82, 2.24) is 5.32 Å². The molecule has 1 aliphatic heterocycles. The molecule has 1 unspecified atom stereocenters. The monoisotopic (exact) mass is 360 g/mol. The molecular weight excluding hydrogens is 336 g/mol. The van der Waals surface area contributed by atoms with E-state index < -0.39 is 0 Å². The van der Waals surface area contributed by atoms with E-state index in [1.54, 1.807) is 14.0 Å². The van der Waals surface area contributed by atoms with Gasteiger partial charge in [-0.25, -0.2) is 0 Å². The van der Waals surface area contributed by atoms with Crippen molar-refractivity contribution in [2.24, 2.45) is 0 Å². The maximum absolute atomic E-state index is 11.2. The number of ether oxygens (including phenoxy) is 1. The zero-order valence-corrected chi connectivity index (χ0v) is 15.5. The van der Waals surface area contributed by atoms with Gasteiger partial charge in [-0.05, 0) is 41.8 Å². The molecule has 134 valence electrons. The van der Waals surface area contributed by atoms with Gasteiger partial charge in [0.05, 0.1) is 7.11 Å². The van der Waals surface area contributed by atoms with Gasteiger partial charge in [0.15, 0.2) is 0 Å². The number of carbonyl (C=O) groups excluding carboxylic acids is 1. The molecule has 0 saturated carbocycles. The summed E-state index contributed by atoms with van der Waals surface area (Å²) in [6.07, 6.45) is 0.920. The van der Waals surface area contributed by atoms with Crippen molar-refractivity contribution in [3.63, 3.8) is 0 Å². The van der Waals surface area contributed by atoms with E-state index in [0.29, 0.717) is 12.5 Å². The van der Waals surface area contributed by atoms with Crippen LogP contribution in [-0.2, 0) is 11.3 Å². The quantitative estimate of drug-likeness (QED) is 0.883. The van der Waals surface area contributed by atoms with Gasteiger partial charge >= 0.3 is 0 Å². The molecule has 3 rings (SSSR count). The Hall–Kier alpha value is -2.20. The van der Waals surface area contributed by atoms with Crippen molar-refractivity contribution in [2.45, 2.75) is 25.8 Å². The first kappa shape index (κ1) is 19.1. The molecule has 0 radical (unpaired) electrons. The number of halogens is 1. The first-order valence-corrected chi connectivity index (χ1v) is 8.38. The van der Waals surface area contributed by atoms with Gasteiger partial charge in [0.2, 0.25) is 5.91 Å². The molecule has 1 N–H and O–H groups in total. The lowest BCUT2D eigenvalue weighted by molar-refractivity contribution is -0.118. The number of amides is 1. The molecule has 25 heavy (non-hydrogen) atoms. The summed E-state index contributed by atoms with van der Waals surface area (Å²) in [4.78, 5) is 13.6. The third-order valence-corrected chi connectivity index (χ3v) is 4.58. The normalized spacial score (nSPS) is 15.8. The first-order valence-electron chi connectivity index (χ1n) is 8.38. The number of fused-ring (bicyclic) bond motifs is 1. The summed E-state index contributed by atoms with van der Waals surface area (Å²) < 4.78 is 5.40. The number of rotatable bonds is 5. The Balaban J connectivity index is 0.00000225. The Bertz CT molecular complexity index is 706. The zero-order chi connectivity index (χ0) is 16.9. The highest BCUT2D eigenvalue weighted by atomic mass is 35.5. The van der Waals surface area contributed by atoms with Crippen LogP contribution in [0, 0.1) is 0 Å². The van der Waals surface area contributed by atoms with Gasteiger partial charge in [0.1, 0.15) is 5.75 Å². The third kappa shape index (κ3) is 4.67. The lowest BCUT2D eigenvalue weighted by Gasteiger charge is -2.36. The summed E-state index contributed by atoms with van der Waals surface area (Å²) >= 11 is 0. The molecule has 0 fully saturated rings. The number of nitrogens with zero attached hydrogens (tertiary/aromatic N) is 1. The van der Waals surface area contributed by atoms with Crippen LogP contribution in [0.5, 0.6) is 5.75 Å². The summed E-state index contributed by atoms with van der Waals surface area (Å²) in [6, 6.07) is 16.8. The average Bonchev–Trinajstić information content (AvgIpc) is 2.61. The summed E-state index contributed by atoms with van der Waals surface area (Å²) in [5.74, 6) is 1.29. The van der Waals surface area contributed by atoms with Gasteiger partial charge in [-0.15, -0.1) is 12.4 Å². The second kappa shape index (κ2) is 8.77.